The van der Waals surface area contributed by atoms with Gasteiger partial charge in [0.15, 0.2) is 0 Å². The van der Waals surface area contributed by atoms with Gasteiger partial charge in [0.1, 0.15) is 11.5 Å². The van der Waals surface area contributed by atoms with Gasteiger partial charge in [-0.05, 0) is 37.5 Å². The molecule has 0 fully saturated rings. The van der Waals surface area contributed by atoms with Crippen molar-refractivity contribution in [2.45, 2.75) is 39.5 Å². The van der Waals surface area contributed by atoms with Crippen molar-refractivity contribution in [3.63, 3.8) is 0 Å². The Bertz CT molecular complexity index is 307. The van der Waals surface area contributed by atoms with Gasteiger partial charge in [0.25, 0.3) is 0 Å². The van der Waals surface area contributed by atoms with Gasteiger partial charge in [0.05, 0.1) is 14.2 Å². The van der Waals surface area contributed by atoms with Crippen molar-refractivity contribution in [3.05, 3.63) is 23.3 Å². The molecule has 0 saturated heterocycles. The number of ether oxygens (including phenoxy) is 2. The molecule has 0 aliphatic carbocycles. The van der Waals surface area contributed by atoms with Gasteiger partial charge in [0.2, 0.25) is 0 Å². The third-order valence-electron chi connectivity index (χ3n) is 2.78. The molecule has 2 nitrogen and oxygen atoms in total. The van der Waals surface area contributed by atoms with Crippen LogP contribution < -0.4 is 9.47 Å². The third kappa shape index (κ3) is 3.16. The Balaban J connectivity index is 2.93. The summed E-state index contributed by atoms with van der Waals surface area (Å²) in [6.45, 7) is 4.27. The maximum Gasteiger partial charge on any atom is 0.126 e. The van der Waals surface area contributed by atoms with Crippen molar-refractivity contribution >= 4 is 0 Å². The number of rotatable bonds is 6. The van der Waals surface area contributed by atoms with Crippen molar-refractivity contribution in [1.29, 1.82) is 0 Å². The van der Waals surface area contributed by atoms with Crippen molar-refractivity contribution < 1.29 is 9.47 Å². The van der Waals surface area contributed by atoms with Gasteiger partial charge in [-0.3, -0.25) is 0 Å². The minimum atomic E-state index is 0.952. The molecule has 0 saturated carbocycles. The number of benzene rings is 1. The predicted octanol–water partition coefficient (Wildman–Crippen LogP) is 3.74. The smallest absolute Gasteiger partial charge is 0.126 e. The monoisotopic (exact) mass is 222 g/mol. The van der Waals surface area contributed by atoms with Gasteiger partial charge < -0.3 is 9.47 Å². The fourth-order valence-corrected chi connectivity index (χ4v) is 1.91. The average molecular weight is 222 g/mol. The second-order valence-electron chi connectivity index (χ2n) is 4.11. The summed E-state index contributed by atoms with van der Waals surface area (Å²) in [5, 5.41) is 0. The van der Waals surface area contributed by atoms with E-state index in [1.54, 1.807) is 14.2 Å². The number of hydrogen-bond acceptors (Lipinski definition) is 2. The second-order valence-corrected chi connectivity index (χ2v) is 4.11. The highest BCUT2D eigenvalue weighted by Gasteiger charge is 2.10. The largest absolute Gasteiger partial charge is 0.496 e. The van der Waals surface area contributed by atoms with Crippen LogP contribution in [0.15, 0.2) is 12.1 Å². The van der Waals surface area contributed by atoms with Crippen molar-refractivity contribution in [2.24, 2.45) is 0 Å². The molecule has 0 aromatic heterocycles. The fraction of sp³-hybridized carbons (Fsp3) is 0.571. The van der Waals surface area contributed by atoms with Crippen LogP contribution in [0.2, 0.25) is 0 Å². The molecule has 0 heterocycles. The van der Waals surface area contributed by atoms with Crippen molar-refractivity contribution in [3.8, 4) is 11.5 Å². The first-order valence-electron chi connectivity index (χ1n) is 5.94. The van der Waals surface area contributed by atoms with E-state index < -0.39 is 0 Å². The van der Waals surface area contributed by atoms with Crippen LogP contribution in [0.25, 0.3) is 0 Å². The van der Waals surface area contributed by atoms with Gasteiger partial charge >= 0.3 is 0 Å². The number of methoxy groups -OCH3 is 2. The summed E-state index contributed by atoms with van der Waals surface area (Å²) in [5.41, 5.74) is 2.37. The molecular weight excluding hydrogens is 200 g/mol. The molecule has 16 heavy (non-hydrogen) atoms. The second kappa shape index (κ2) is 6.41. The normalized spacial score (nSPS) is 10.2. The van der Waals surface area contributed by atoms with Crippen LogP contribution in [0, 0.1) is 6.92 Å². The summed E-state index contributed by atoms with van der Waals surface area (Å²) < 4.78 is 10.8. The zero-order valence-corrected chi connectivity index (χ0v) is 10.8. The highest BCUT2D eigenvalue weighted by molar-refractivity contribution is 5.47. The van der Waals surface area contributed by atoms with Crippen molar-refractivity contribution in [1.82, 2.24) is 0 Å². The lowest BCUT2D eigenvalue weighted by Gasteiger charge is -2.14. The standard InChI is InChI=1S/C14H22O2/c1-5-6-7-8-12-13(15-3)9-11(2)10-14(12)16-4/h9-10H,5-8H2,1-4H3. The summed E-state index contributed by atoms with van der Waals surface area (Å²) in [6, 6.07) is 4.15. The van der Waals surface area contributed by atoms with Crippen LogP contribution in [0.4, 0.5) is 0 Å². The average Bonchev–Trinajstić information content (AvgIpc) is 2.30. The predicted molar refractivity (Wildman–Crippen MR) is 67.5 cm³/mol. The first-order chi connectivity index (χ1) is 7.72. The molecule has 1 aromatic rings. The lowest BCUT2D eigenvalue weighted by molar-refractivity contribution is 0.383. The van der Waals surface area contributed by atoms with E-state index in [0.29, 0.717) is 0 Å². The minimum absolute atomic E-state index is 0.952. The minimum Gasteiger partial charge on any atom is -0.496 e. The van der Waals surface area contributed by atoms with Crippen molar-refractivity contribution in [2.75, 3.05) is 14.2 Å². The maximum atomic E-state index is 5.42. The number of aryl methyl sites for hydroxylation is 1. The van der Waals surface area contributed by atoms with Crippen LogP contribution >= 0.6 is 0 Å². The Hall–Kier alpha value is -1.18. The molecule has 90 valence electrons. The van der Waals surface area contributed by atoms with Gasteiger partial charge in [-0.15, -0.1) is 0 Å². The number of unbranched alkanes of at least 4 members (excludes halogenated alkanes) is 2. The zero-order valence-electron chi connectivity index (χ0n) is 10.8. The Morgan fingerprint density at radius 2 is 1.56 bits per heavy atom. The van der Waals surface area contributed by atoms with Crippen LogP contribution in [0.3, 0.4) is 0 Å². The molecule has 0 radical (unpaired) electrons. The van der Waals surface area contributed by atoms with E-state index in [0.717, 1.165) is 17.9 Å². The van der Waals surface area contributed by atoms with Crippen LogP contribution in [0.5, 0.6) is 11.5 Å². The summed E-state index contributed by atoms with van der Waals surface area (Å²) >= 11 is 0. The van der Waals surface area contributed by atoms with E-state index in [1.165, 1.54) is 30.4 Å². The molecule has 0 spiro atoms. The highest BCUT2D eigenvalue weighted by atomic mass is 16.5. The summed E-state index contributed by atoms with van der Waals surface area (Å²) in [7, 11) is 3.44. The maximum absolute atomic E-state index is 5.42. The van der Waals surface area contributed by atoms with Crippen LogP contribution in [-0.2, 0) is 6.42 Å². The molecule has 0 unspecified atom stereocenters. The van der Waals surface area contributed by atoms with E-state index in [9.17, 15) is 0 Å². The van der Waals surface area contributed by atoms with E-state index in [1.807, 2.05) is 0 Å². The molecule has 1 aromatic carbocycles. The molecule has 0 amide bonds. The molecule has 0 atom stereocenters. The van der Waals surface area contributed by atoms with Gasteiger partial charge in [-0.1, -0.05) is 19.8 Å². The Morgan fingerprint density at radius 1 is 1.00 bits per heavy atom. The first kappa shape index (κ1) is 12.9. The first-order valence-corrected chi connectivity index (χ1v) is 5.94. The van der Waals surface area contributed by atoms with E-state index in [2.05, 4.69) is 26.0 Å². The lowest BCUT2D eigenvalue weighted by Crippen LogP contribution is -1.98. The lowest BCUT2D eigenvalue weighted by atomic mass is 10.0. The zero-order chi connectivity index (χ0) is 12.0. The summed E-state index contributed by atoms with van der Waals surface area (Å²) in [5.74, 6) is 1.90. The van der Waals surface area contributed by atoms with Gasteiger partial charge in [0, 0.05) is 5.56 Å². The SMILES string of the molecule is CCCCCc1c(OC)cc(C)cc1OC. The van der Waals surface area contributed by atoms with Crippen LogP contribution in [-0.4, -0.2) is 14.2 Å². The molecule has 2 heteroatoms. The summed E-state index contributed by atoms with van der Waals surface area (Å²) in [4.78, 5) is 0. The van der Waals surface area contributed by atoms with Gasteiger partial charge in [-0.2, -0.15) is 0 Å². The highest BCUT2D eigenvalue weighted by Crippen LogP contribution is 2.31. The Labute approximate surface area is 98.6 Å². The van der Waals surface area contributed by atoms with E-state index >= 15 is 0 Å². The number of hydrogen-bond donors (Lipinski definition) is 0. The van der Waals surface area contributed by atoms with Gasteiger partial charge in [-0.25, -0.2) is 0 Å². The fourth-order valence-electron chi connectivity index (χ4n) is 1.91. The molecule has 0 aliphatic rings. The molecule has 0 N–H and O–H groups in total. The molecule has 1 rings (SSSR count). The quantitative estimate of drug-likeness (QED) is 0.682. The summed E-state index contributed by atoms with van der Waals surface area (Å²) in [6.07, 6.45) is 4.70. The van der Waals surface area contributed by atoms with E-state index in [-0.39, 0.29) is 0 Å². The Kier molecular flexibility index (Phi) is 5.17. The molecule has 0 aliphatic heterocycles. The third-order valence-corrected chi connectivity index (χ3v) is 2.78. The van der Waals surface area contributed by atoms with E-state index in [4.69, 9.17) is 9.47 Å². The molecule has 0 bridgehead atoms. The molecular formula is C14H22O2. The topological polar surface area (TPSA) is 18.5 Å². The van der Waals surface area contributed by atoms with Crippen LogP contribution in [0.1, 0.15) is 37.3 Å². The Morgan fingerprint density at radius 3 is 2.00 bits per heavy atom.